The Hall–Kier alpha value is -2.31. The predicted octanol–water partition coefficient (Wildman–Crippen LogP) is 2.85. The van der Waals surface area contributed by atoms with Crippen molar-refractivity contribution in [2.45, 2.75) is 18.5 Å². The van der Waals surface area contributed by atoms with Crippen LogP contribution in [0.3, 0.4) is 0 Å². The number of nitrogens with one attached hydrogen (secondary N) is 3. The van der Waals surface area contributed by atoms with E-state index in [0.717, 1.165) is 10.4 Å². The molecule has 1 unspecified atom stereocenters. The van der Waals surface area contributed by atoms with Gasteiger partial charge in [-0.3, -0.25) is 9.89 Å². The molecule has 1 aliphatic rings. The highest BCUT2D eigenvalue weighted by atomic mass is 35.5. The number of hydrogen-bond acceptors (Lipinski definition) is 5. The van der Waals surface area contributed by atoms with Crippen molar-refractivity contribution in [2.24, 2.45) is 0 Å². The van der Waals surface area contributed by atoms with E-state index in [1.165, 1.54) is 33.8 Å². The van der Waals surface area contributed by atoms with E-state index >= 15 is 0 Å². The van der Waals surface area contributed by atoms with Gasteiger partial charge in [0.1, 0.15) is 16.9 Å². The largest absolute Gasteiger partial charge is 0.325 e. The molecule has 0 bridgehead atoms. The second-order valence-corrected chi connectivity index (χ2v) is 10.3. The van der Waals surface area contributed by atoms with Crippen molar-refractivity contribution in [1.29, 1.82) is 0 Å². The number of rotatable bonds is 4. The number of anilines is 1. The molecule has 1 saturated heterocycles. The van der Waals surface area contributed by atoms with Gasteiger partial charge in [-0.15, -0.1) is 11.3 Å². The molecule has 1 aromatic carbocycles. The minimum Gasteiger partial charge on any atom is -0.325 e. The number of H-pyrrole nitrogens is 1. The SMILES string of the molecule is C=S1(=O)N[C@@H](c2ncc(-c3cn[nH]c3)s2)C[C@@H](C(=O)Nc2ccc(F)c(Cl)c2)N1C. The van der Waals surface area contributed by atoms with Crippen LogP contribution in [0.2, 0.25) is 5.02 Å². The van der Waals surface area contributed by atoms with Crippen LogP contribution in [0.1, 0.15) is 17.5 Å². The smallest absolute Gasteiger partial charge is 0.242 e. The first-order valence-electron chi connectivity index (χ1n) is 8.83. The fraction of sp³-hybridized carbons (Fsp3) is 0.222. The van der Waals surface area contributed by atoms with Gasteiger partial charge in [0.15, 0.2) is 0 Å². The van der Waals surface area contributed by atoms with Crippen LogP contribution in [0.4, 0.5) is 10.1 Å². The van der Waals surface area contributed by atoms with E-state index in [4.69, 9.17) is 11.6 Å². The lowest BCUT2D eigenvalue weighted by Crippen LogP contribution is -2.55. The second kappa shape index (κ2) is 8.08. The predicted molar refractivity (Wildman–Crippen MR) is 117 cm³/mol. The number of carbonyl (C=O) groups is 1. The number of benzene rings is 1. The van der Waals surface area contributed by atoms with Gasteiger partial charge in [-0.05, 0) is 30.5 Å². The van der Waals surface area contributed by atoms with Crippen LogP contribution in [0.25, 0.3) is 10.4 Å². The van der Waals surface area contributed by atoms with Gasteiger partial charge < -0.3 is 5.32 Å². The third kappa shape index (κ3) is 4.12. The van der Waals surface area contributed by atoms with Crippen molar-refractivity contribution in [2.75, 3.05) is 12.4 Å². The van der Waals surface area contributed by atoms with E-state index in [9.17, 15) is 13.4 Å². The minimum atomic E-state index is -2.92. The molecule has 3 aromatic rings. The average Bonchev–Trinajstić information content (AvgIpc) is 3.38. The van der Waals surface area contributed by atoms with Gasteiger partial charge in [0, 0.05) is 30.7 Å². The highest BCUT2D eigenvalue weighted by Gasteiger charge is 2.38. The zero-order chi connectivity index (χ0) is 21.5. The second-order valence-electron chi connectivity index (χ2n) is 6.78. The number of thiazole rings is 1. The van der Waals surface area contributed by atoms with Crippen LogP contribution in [-0.4, -0.2) is 48.6 Å². The Kier molecular flexibility index (Phi) is 5.64. The topological polar surface area (TPSA) is 103 Å². The van der Waals surface area contributed by atoms with Crippen LogP contribution in [0.5, 0.6) is 0 Å². The highest BCUT2D eigenvalue weighted by Crippen LogP contribution is 2.34. The molecule has 3 atom stereocenters. The molecule has 12 heteroatoms. The molecule has 3 N–H and O–H groups in total. The maximum atomic E-state index is 13.4. The molecule has 2 aromatic heterocycles. The van der Waals surface area contributed by atoms with Gasteiger partial charge in [-0.1, -0.05) is 11.6 Å². The van der Waals surface area contributed by atoms with Gasteiger partial charge in [0.2, 0.25) is 5.91 Å². The maximum Gasteiger partial charge on any atom is 0.242 e. The molecule has 158 valence electrons. The van der Waals surface area contributed by atoms with E-state index in [1.54, 1.807) is 25.6 Å². The molecule has 0 spiro atoms. The van der Waals surface area contributed by atoms with Crippen molar-refractivity contribution in [3.8, 4) is 10.4 Å². The molecule has 1 fully saturated rings. The summed E-state index contributed by atoms with van der Waals surface area (Å²) in [5.74, 6) is 2.79. The van der Waals surface area contributed by atoms with Crippen molar-refractivity contribution in [3.05, 3.63) is 52.6 Å². The summed E-state index contributed by atoms with van der Waals surface area (Å²) in [6.07, 6.45) is 5.48. The monoisotopic (exact) mass is 468 g/mol. The van der Waals surface area contributed by atoms with Crippen LogP contribution >= 0.6 is 22.9 Å². The molecular formula is C18H18ClFN6O2S2. The summed E-state index contributed by atoms with van der Waals surface area (Å²) in [4.78, 5) is 18.3. The fourth-order valence-electron chi connectivity index (χ4n) is 3.12. The maximum absolute atomic E-state index is 13.4. The number of likely N-dealkylation sites (N-methyl/N-ethyl adjacent to an activating group) is 1. The molecule has 1 amide bonds. The number of carbonyl (C=O) groups excluding carboxylic acids is 1. The van der Waals surface area contributed by atoms with Crippen molar-refractivity contribution in [3.63, 3.8) is 0 Å². The number of amides is 1. The molecule has 0 aliphatic carbocycles. The zero-order valence-corrected chi connectivity index (χ0v) is 18.2. The number of aromatic nitrogens is 3. The first-order chi connectivity index (χ1) is 14.2. The first kappa shape index (κ1) is 20.9. The molecule has 8 nitrogen and oxygen atoms in total. The van der Waals surface area contributed by atoms with Crippen LogP contribution < -0.4 is 10.0 Å². The van der Waals surface area contributed by atoms with Crippen LogP contribution in [0.15, 0.2) is 36.8 Å². The molecule has 1 aliphatic heterocycles. The Morgan fingerprint density at radius 3 is 2.97 bits per heavy atom. The van der Waals surface area contributed by atoms with Gasteiger partial charge in [0.25, 0.3) is 0 Å². The van der Waals surface area contributed by atoms with E-state index in [1.807, 2.05) is 0 Å². The summed E-state index contributed by atoms with van der Waals surface area (Å²) >= 11 is 7.21. The minimum absolute atomic E-state index is 0.0974. The number of halogens is 2. The van der Waals surface area contributed by atoms with Gasteiger partial charge >= 0.3 is 0 Å². The van der Waals surface area contributed by atoms with Crippen LogP contribution in [0, 0.1) is 5.82 Å². The van der Waals surface area contributed by atoms with Crippen molar-refractivity contribution in [1.82, 2.24) is 24.2 Å². The Morgan fingerprint density at radius 2 is 2.27 bits per heavy atom. The van der Waals surface area contributed by atoms with E-state index in [-0.39, 0.29) is 5.02 Å². The lowest BCUT2D eigenvalue weighted by molar-refractivity contribution is -0.120. The lowest BCUT2D eigenvalue weighted by Gasteiger charge is -2.38. The summed E-state index contributed by atoms with van der Waals surface area (Å²) in [6.45, 7) is 0. The van der Waals surface area contributed by atoms with Gasteiger partial charge in [-0.2, -0.15) is 5.10 Å². The van der Waals surface area contributed by atoms with E-state index < -0.39 is 33.7 Å². The van der Waals surface area contributed by atoms with E-state index in [2.05, 4.69) is 31.1 Å². The Labute approximate surface area is 181 Å². The molecule has 3 heterocycles. The normalized spacial score (nSPS) is 24.6. The van der Waals surface area contributed by atoms with Crippen molar-refractivity contribution < 1.29 is 13.4 Å². The summed E-state index contributed by atoms with van der Waals surface area (Å²) in [5, 5.41) is 9.98. The summed E-state index contributed by atoms with van der Waals surface area (Å²) in [5.41, 5.74) is 1.24. The lowest BCUT2D eigenvalue weighted by atomic mass is 10.1. The quantitative estimate of drug-likeness (QED) is 0.512. The number of hydrogen-bond donors (Lipinski definition) is 3. The fourth-order valence-corrected chi connectivity index (χ4v) is 5.75. The van der Waals surface area contributed by atoms with Crippen molar-refractivity contribution >= 4 is 50.3 Å². The molecule has 0 saturated carbocycles. The summed E-state index contributed by atoms with van der Waals surface area (Å²) < 4.78 is 30.8. The first-order valence-corrected chi connectivity index (χ1v) is 11.7. The average molecular weight is 469 g/mol. The Morgan fingerprint density at radius 1 is 1.47 bits per heavy atom. The molecule has 30 heavy (non-hydrogen) atoms. The third-order valence-corrected chi connectivity index (χ3v) is 8.07. The number of nitrogens with zero attached hydrogens (tertiary/aromatic N) is 3. The van der Waals surface area contributed by atoms with Gasteiger partial charge in [-0.25, -0.2) is 22.6 Å². The Balaban J connectivity index is 1.57. The van der Waals surface area contributed by atoms with Gasteiger partial charge in [0.05, 0.1) is 32.0 Å². The van der Waals surface area contributed by atoms with E-state index in [0.29, 0.717) is 17.1 Å². The highest BCUT2D eigenvalue weighted by molar-refractivity contribution is 7.96. The zero-order valence-electron chi connectivity index (χ0n) is 15.8. The molecule has 0 radical (unpaired) electrons. The summed E-state index contributed by atoms with van der Waals surface area (Å²) in [6, 6.07) is 2.74. The molecule has 4 rings (SSSR count). The third-order valence-electron chi connectivity index (χ3n) is 4.78. The summed E-state index contributed by atoms with van der Waals surface area (Å²) in [7, 11) is -1.35. The Bertz CT molecular complexity index is 1180. The molecular weight excluding hydrogens is 451 g/mol. The van der Waals surface area contributed by atoms with Crippen LogP contribution in [-0.2, 0) is 14.7 Å². The standard InChI is InChI=1S/C18H18ClFN6O2S2/c1-26-15(17(27)24-11-3-4-13(20)12(19)5-11)6-14(25-30(26,2)28)18-21-9-16(29-18)10-7-22-23-8-10/h3-5,7-9,14-15H,2,6H2,1H3,(H,22,23)(H,24,27)(H,25,28)/t14-,15+,30?/m1/s1. The number of aromatic amines is 1.